The number of nitrogens with zero attached hydrogens (tertiary/aromatic N) is 3. The zero-order valence-electron chi connectivity index (χ0n) is 9.67. The van der Waals surface area contributed by atoms with E-state index in [1.165, 1.54) is 17.0 Å². The molecule has 0 unspecified atom stereocenters. The van der Waals surface area contributed by atoms with Gasteiger partial charge in [-0.15, -0.1) is 0 Å². The van der Waals surface area contributed by atoms with Crippen molar-refractivity contribution in [1.82, 2.24) is 14.8 Å². The molecule has 2 aliphatic rings. The molecule has 1 aromatic heterocycles. The van der Waals surface area contributed by atoms with Crippen LogP contribution >= 0.6 is 0 Å². The summed E-state index contributed by atoms with van der Waals surface area (Å²) in [5, 5.41) is 0. The molecule has 3 rings (SSSR count). The molecule has 1 saturated heterocycles. The standard InChI is InChI=1S/C12H12FN3O2/c13-8-1-4-10(14-5-8)12(18)15-6-11(17)16(7-15)9-2-3-9/h1,4-5,9H,2-3,6-7H2. The third kappa shape index (κ3) is 1.94. The number of hydrogen-bond acceptors (Lipinski definition) is 3. The normalized spacial score (nSPS) is 19.5. The SMILES string of the molecule is O=C(c1ccc(F)cn1)N1CC(=O)N(C2CC2)C1. The van der Waals surface area contributed by atoms with Crippen molar-refractivity contribution in [3.63, 3.8) is 0 Å². The molecule has 0 N–H and O–H groups in total. The van der Waals surface area contributed by atoms with E-state index in [0.29, 0.717) is 12.7 Å². The zero-order chi connectivity index (χ0) is 12.7. The van der Waals surface area contributed by atoms with Crippen LogP contribution < -0.4 is 0 Å². The minimum Gasteiger partial charge on any atom is -0.320 e. The minimum atomic E-state index is -0.483. The van der Waals surface area contributed by atoms with Crippen LogP contribution in [0.25, 0.3) is 0 Å². The van der Waals surface area contributed by atoms with Gasteiger partial charge in [-0.25, -0.2) is 9.37 Å². The number of amides is 2. The highest BCUT2D eigenvalue weighted by Gasteiger charge is 2.40. The zero-order valence-corrected chi connectivity index (χ0v) is 9.67. The largest absolute Gasteiger partial charge is 0.320 e. The number of rotatable bonds is 2. The van der Waals surface area contributed by atoms with Gasteiger partial charge in [0.05, 0.1) is 12.9 Å². The van der Waals surface area contributed by atoms with E-state index in [2.05, 4.69) is 4.98 Å². The van der Waals surface area contributed by atoms with E-state index in [-0.39, 0.29) is 24.1 Å². The van der Waals surface area contributed by atoms with Crippen LogP contribution in [0.3, 0.4) is 0 Å². The van der Waals surface area contributed by atoms with Gasteiger partial charge in [-0.3, -0.25) is 9.59 Å². The summed E-state index contributed by atoms with van der Waals surface area (Å²) in [4.78, 5) is 30.7. The number of aromatic nitrogens is 1. The highest BCUT2D eigenvalue weighted by atomic mass is 19.1. The van der Waals surface area contributed by atoms with Gasteiger partial charge in [0.1, 0.15) is 18.1 Å². The van der Waals surface area contributed by atoms with E-state index in [9.17, 15) is 14.0 Å². The van der Waals surface area contributed by atoms with E-state index >= 15 is 0 Å². The Morgan fingerprint density at radius 1 is 1.39 bits per heavy atom. The summed E-state index contributed by atoms with van der Waals surface area (Å²) in [6.45, 7) is 0.412. The number of carbonyl (C=O) groups excluding carboxylic acids is 2. The van der Waals surface area contributed by atoms with Crippen molar-refractivity contribution >= 4 is 11.8 Å². The van der Waals surface area contributed by atoms with Gasteiger partial charge in [0.25, 0.3) is 5.91 Å². The minimum absolute atomic E-state index is 0.0204. The van der Waals surface area contributed by atoms with Crippen LogP contribution in [0.15, 0.2) is 18.3 Å². The van der Waals surface area contributed by atoms with Crippen LogP contribution in [0.5, 0.6) is 0 Å². The highest BCUT2D eigenvalue weighted by Crippen LogP contribution is 2.29. The maximum absolute atomic E-state index is 12.7. The third-order valence-electron chi connectivity index (χ3n) is 3.19. The average molecular weight is 249 g/mol. The van der Waals surface area contributed by atoms with Gasteiger partial charge in [0.2, 0.25) is 5.91 Å². The number of halogens is 1. The maximum Gasteiger partial charge on any atom is 0.274 e. The molecule has 2 fully saturated rings. The maximum atomic E-state index is 12.7. The Bertz CT molecular complexity index is 499. The molecule has 2 amide bonds. The quantitative estimate of drug-likeness (QED) is 0.772. The second-order valence-electron chi connectivity index (χ2n) is 4.60. The van der Waals surface area contributed by atoms with E-state index in [1.54, 1.807) is 4.90 Å². The van der Waals surface area contributed by atoms with E-state index in [0.717, 1.165) is 19.0 Å². The highest BCUT2D eigenvalue weighted by molar-refractivity contribution is 5.96. The molecule has 0 spiro atoms. The topological polar surface area (TPSA) is 53.5 Å². The van der Waals surface area contributed by atoms with Gasteiger partial charge in [-0.1, -0.05) is 0 Å². The summed E-state index contributed by atoms with van der Waals surface area (Å²) in [6.07, 6.45) is 3.04. The first kappa shape index (κ1) is 11.1. The summed E-state index contributed by atoms with van der Waals surface area (Å²) in [5.41, 5.74) is 0.168. The average Bonchev–Trinajstić information content (AvgIpc) is 3.13. The van der Waals surface area contributed by atoms with E-state index in [1.807, 2.05) is 0 Å². The second-order valence-corrected chi connectivity index (χ2v) is 4.60. The molecule has 1 aliphatic carbocycles. The van der Waals surface area contributed by atoms with Crippen LogP contribution in [0.1, 0.15) is 23.3 Å². The van der Waals surface area contributed by atoms with Gasteiger partial charge in [0.15, 0.2) is 0 Å². The molecule has 1 saturated carbocycles. The summed E-state index contributed by atoms with van der Waals surface area (Å²) in [7, 11) is 0. The van der Waals surface area contributed by atoms with Crippen molar-refractivity contribution in [3.05, 3.63) is 29.8 Å². The van der Waals surface area contributed by atoms with Gasteiger partial charge >= 0.3 is 0 Å². The first-order chi connectivity index (χ1) is 8.65. The van der Waals surface area contributed by atoms with E-state index < -0.39 is 5.82 Å². The van der Waals surface area contributed by atoms with Crippen LogP contribution in [0.4, 0.5) is 4.39 Å². The molecule has 0 atom stereocenters. The number of hydrogen-bond donors (Lipinski definition) is 0. The molecule has 0 aromatic carbocycles. The lowest BCUT2D eigenvalue weighted by molar-refractivity contribution is -0.127. The molecule has 6 heteroatoms. The van der Waals surface area contributed by atoms with Crippen LogP contribution in [0.2, 0.25) is 0 Å². The van der Waals surface area contributed by atoms with Crippen molar-refractivity contribution in [2.75, 3.05) is 13.2 Å². The Kier molecular flexibility index (Phi) is 2.50. The summed E-state index contributed by atoms with van der Waals surface area (Å²) < 4.78 is 12.7. The van der Waals surface area contributed by atoms with Gasteiger partial charge in [0, 0.05) is 6.04 Å². The van der Waals surface area contributed by atoms with Crippen molar-refractivity contribution in [2.24, 2.45) is 0 Å². The molecule has 0 radical (unpaired) electrons. The fourth-order valence-electron chi connectivity index (χ4n) is 2.07. The Hall–Kier alpha value is -1.98. The van der Waals surface area contributed by atoms with E-state index in [4.69, 9.17) is 0 Å². The van der Waals surface area contributed by atoms with Gasteiger partial charge in [-0.2, -0.15) is 0 Å². The smallest absolute Gasteiger partial charge is 0.274 e. The Morgan fingerprint density at radius 2 is 2.17 bits per heavy atom. The summed E-state index contributed by atoms with van der Waals surface area (Å²) >= 11 is 0. The lowest BCUT2D eigenvalue weighted by Gasteiger charge is -2.17. The molecule has 0 bridgehead atoms. The summed E-state index contributed by atoms with van der Waals surface area (Å²) in [5.74, 6) is -0.830. The molecule has 18 heavy (non-hydrogen) atoms. The molecular formula is C12H12FN3O2. The predicted molar refractivity (Wildman–Crippen MR) is 60.0 cm³/mol. The Balaban J connectivity index is 1.73. The molecule has 1 aliphatic heterocycles. The Labute approximate surface area is 103 Å². The van der Waals surface area contributed by atoms with Crippen LogP contribution in [0, 0.1) is 5.82 Å². The van der Waals surface area contributed by atoms with Crippen LogP contribution in [-0.2, 0) is 4.79 Å². The number of pyridine rings is 1. The first-order valence-electron chi connectivity index (χ1n) is 5.85. The van der Waals surface area contributed by atoms with Gasteiger partial charge < -0.3 is 9.80 Å². The molecule has 2 heterocycles. The summed E-state index contributed by atoms with van der Waals surface area (Å²) in [6, 6.07) is 2.83. The monoisotopic (exact) mass is 249 g/mol. The van der Waals surface area contributed by atoms with Crippen molar-refractivity contribution < 1.29 is 14.0 Å². The predicted octanol–water partition coefficient (Wildman–Crippen LogP) is 0.625. The third-order valence-corrected chi connectivity index (χ3v) is 3.19. The molecule has 1 aromatic rings. The fraction of sp³-hybridized carbons (Fsp3) is 0.417. The van der Waals surface area contributed by atoms with Crippen LogP contribution in [-0.4, -0.2) is 45.9 Å². The molecule has 5 nitrogen and oxygen atoms in total. The van der Waals surface area contributed by atoms with Gasteiger partial charge in [-0.05, 0) is 25.0 Å². The van der Waals surface area contributed by atoms with Crippen molar-refractivity contribution in [1.29, 1.82) is 0 Å². The number of carbonyl (C=O) groups is 2. The molecule has 94 valence electrons. The van der Waals surface area contributed by atoms with Crippen molar-refractivity contribution in [2.45, 2.75) is 18.9 Å². The molecular weight excluding hydrogens is 237 g/mol. The Morgan fingerprint density at radius 3 is 2.78 bits per heavy atom. The van der Waals surface area contributed by atoms with Crippen molar-refractivity contribution in [3.8, 4) is 0 Å². The fourth-order valence-corrected chi connectivity index (χ4v) is 2.07. The lowest BCUT2D eigenvalue weighted by atomic mass is 10.3. The second kappa shape index (κ2) is 4.04. The first-order valence-corrected chi connectivity index (χ1v) is 5.85. The lowest BCUT2D eigenvalue weighted by Crippen LogP contribution is -2.32.